The molecule has 0 aromatic carbocycles. The zero-order chi connectivity index (χ0) is 7.00. The standard InChI is InChI=1S/C4H10O2S2.Na/c1-4(2,3)8(5,6)7;/h1-3H3,(H,5,6,7);/q;+1/p-1. The fourth-order valence-electron chi connectivity index (χ4n) is 0. The van der Waals surface area contributed by atoms with E-state index in [1.807, 2.05) is 0 Å². The van der Waals surface area contributed by atoms with Gasteiger partial charge >= 0.3 is 29.6 Å². The summed E-state index contributed by atoms with van der Waals surface area (Å²) in [6.07, 6.45) is 0. The fraction of sp³-hybridized carbons (Fsp3) is 1.00. The minimum atomic E-state index is -3.26. The summed E-state index contributed by atoms with van der Waals surface area (Å²) in [5.74, 6) is 0. The molecule has 5 heteroatoms. The van der Waals surface area contributed by atoms with Crippen LogP contribution < -0.4 is 29.6 Å². The number of hydrogen-bond donors (Lipinski definition) is 0. The van der Waals surface area contributed by atoms with Gasteiger partial charge in [0.1, 0.15) is 0 Å². The summed E-state index contributed by atoms with van der Waals surface area (Å²) in [6, 6.07) is 0. The molecule has 0 rings (SSSR count). The van der Waals surface area contributed by atoms with Gasteiger partial charge in [0.25, 0.3) is 0 Å². The van der Waals surface area contributed by atoms with E-state index in [0.29, 0.717) is 0 Å². The Kier molecular flexibility index (Phi) is 5.20. The first-order valence-electron chi connectivity index (χ1n) is 2.20. The van der Waals surface area contributed by atoms with Crippen LogP contribution in [0.4, 0.5) is 0 Å². The van der Waals surface area contributed by atoms with Crippen molar-refractivity contribution in [3.05, 3.63) is 0 Å². The summed E-state index contributed by atoms with van der Waals surface area (Å²) >= 11 is 4.19. The van der Waals surface area contributed by atoms with Gasteiger partial charge in [-0.05, 0) is 20.8 Å². The maximum absolute atomic E-state index is 10.5. The second kappa shape index (κ2) is 3.62. The largest absolute Gasteiger partial charge is 1.00 e. The molecule has 0 spiro atoms. The Balaban J connectivity index is 0. The van der Waals surface area contributed by atoms with Crippen molar-refractivity contribution >= 4 is 20.5 Å². The molecule has 0 aromatic rings. The number of hydrogen-bond acceptors (Lipinski definition) is 3. The molecule has 0 aliphatic carbocycles. The maximum atomic E-state index is 10.5. The van der Waals surface area contributed by atoms with Crippen LogP contribution in [0.15, 0.2) is 0 Å². The van der Waals surface area contributed by atoms with Crippen LogP contribution in [0, 0.1) is 0 Å². The third-order valence-electron chi connectivity index (χ3n) is 0.750. The molecule has 0 heterocycles. The van der Waals surface area contributed by atoms with Gasteiger partial charge in [-0.2, -0.15) is 0 Å². The molecule has 0 atom stereocenters. The number of rotatable bonds is 0. The van der Waals surface area contributed by atoms with E-state index in [4.69, 9.17) is 0 Å². The van der Waals surface area contributed by atoms with Crippen molar-refractivity contribution in [1.29, 1.82) is 0 Å². The van der Waals surface area contributed by atoms with Gasteiger partial charge in [-0.15, -0.1) is 0 Å². The fourth-order valence-corrected chi connectivity index (χ4v) is 0. The van der Waals surface area contributed by atoms with Gasteiger partial charge in [0.15, 0.2) is 0 Å². The maximum Gasteiger partial charge on any atom is 1.00 e. The Morgan fingerprint density at radius 1 is 1.22 bits per heavy atom. The van der Waals surface area contributed by atoms with Gasteiger partial charge in [0.2, 0.25) is 0 Å². The van der Waals surface area contributed by atoms with Crippen molar-refractivity contribution in [3.8, 4) is 0 Å². The van der Waals surface area contributed by atoms with Crippen LogP contribution in [0.25, 0.3) is 0 Å². The smallest absolute Gasteiger partial charge is 0.649 e. The van der Waals surface area contributed by atoms with E-state index < -0.39 is 13.6 Å². The van der Waals surface area contributed by atoms with Gasteiger partial charge in [-0.1, -0.05) is 0 Å². The van der Waals surface area contributed by atoms with E-state index in [-0.39, 0.29) is 29.6 Å². The van der Waals surface area contributed by atoms with E-state index in [2.05, 4.69) is 11.7 Å². The zero-order valence-corrected chi connectivity index (χ0v) is 9.77. The first kappa shape index (κ1) is 12.9. The first-order chi connectivity index (χ1) is 3.25. The molecule has 0 bridgehead atoms. The summed E-state index contributed by atoms with van der Waals surface area (Å²) in [5.41, 5.74) is 0. The molecule has 2 nitrogen and oxygen atoms in total. The molecule has 0 unspecified atom stereocenters. The normalized spacial score (nSPS) is 12.4. The molecule has 0 aliphatic rings. The minimum Gasteiger partial charge on any atom is -0.649 e. The van der Waals surface area contributed by atoms with Gasteiger partial charge in [0.05, 0.1) is 0 Å². The predicted octanol–water partition coefficient (Wildman–Crippen LogP) is -2.33. The first-order valence-corrected chi connectivity index (χ1v) is 4.61. The van der Waals surface area contributed by atoms with Crippen LogP contribution >= 0.6 is 0 Å². The second-order valence-corrected chi connectivity index (χ2v) is 6.02. The van der Waals surface area contributed by atoms with Crippen molar-refractivity contribution in [2.75, 3.05) is 0 Å². The molecule has 0 amide bonds. The summed E-state index contributed by atoms with van der Waals surface area (Å²) in [6.45, 7) is 4.74. The van der Waals surface area contributed by atoms with Crippen LogP contribution in [0.1, 0.15) is 20.8 Å². The molecule has 0 radical (unpaired) electrons. The minimum absolute atomic E-state index is 0. The Morgan fingerprint density at radius 2 is 1.33 bits per heavy atom. The van der Waals surface area contributed by atoms with Crippen LogP contribution in [0.3, 0.4) is 0 Å². The average Bonchev–Trinajstić information content (AvgIpc) is 1.25. The van der Waals surface area contributed by atoms with E-state index in [1.165, 1.54) is 0 Å². The van der Waals surface area contributed by atoms with Crippen LogP contribution in [-0.4, -0.2) is 13.2 Å². The summed E-state index contributed by atoms with van der Waals surface area (Å²) in [5, 5.41) is 0. The van der Waals surface area contributed by atoms with Crippen LogP contribution in [0.2, 0.25) is 0 Å². The predicted molar refractivity (Wildman–Crippen MR) is 36.0 cm³/mol. The Hall–Kier alpha value is 1.30. The van der Waals surface area contributed by atoms with Crippen molar-refractivity contribution in [2.45, 2.75) is 25.5 Å². The van der Waals surface area contributed by atoms with E-state index in [0.717, 1.165) is 0 Å². The van der Waals surface area contributed by atoms with Crippen molar-refractivity contribution in [3.63, 3.8) is 0 Å². The molecule has 0 aromatic heterocycles. The molecule has 50 valence electrons. The third-order valence-corrected chi connectivity index (χ3v) is 3.75. The summed E-state index contributed by atoms with van der Waals surface area (Å²) < 4.78 is 20.2. The van der Waals surface area contributed by atoms with Crippen molar-refractivity contribution < 1.29 is 38.0 Å². The Morgan fingerprint density at radius 3 is 1.33 bits per heavy atom. The topological polar surface area (TPSA) is 34.1 Å². The SMILES string of the molecule is CC(C)(C)S(=O)(=O)[S-].[Na+]. The molecule has 0 aliphatic heterocycles. The Bertz CT molecular complexity index is 165. The van der Waals surface area contributed by atoms with Gasteiger partial charge in [-0.3, -0.25) is 8.42 Å². The molecule has 9 heavy (non-hydrogen) atoms. The molecular formula is C4H9NaO2S2. The van der Waals surface area contributed by atoms with Crippen molar-refractivity contribution in [2.24, 2.45) is 0 Å². The molecule has 0 saturated heterocycles. The molecule has 0 saturated carbocycles. The second-order valence-electron chi connectivity index (χ2n) is 2.57. The summed E-state index contributed by atoms with van der Waals surface area (Å²) in [7, 11) is -3.26. The Labute approximate surface area is 83.4 Å². The summed E-state index contributed by atoms with van der Waals surface area (Å²) in [4.78, 5) is 0. The molecule has 0 fully saturated rings. The van der Waals surface area contributed by atoms with Gasteiger partial charge in [0, 0.05) is 13.6 Å². The van der Waals surface area contributed by atoms with Gasteiger partial charge in [-0.25, -0.2) is 0 Å². The quantitative estimate of drug-likeness (QED) is 0.236. The zero-order valence-electron chi connectivity index (χ0n) is 6.13. The monoisotopic (exact) mass is 176 g/mol. The molecular weight excluding hydrogens is 167 g/mol. The van der Waals surface area contributed by atoms with Crippen LogP contribution in [-0.2, 0) is 20.5 Å². The van der Waals surface area contributed by atoms with E-state index in [9.17, 15) is 8.42 Å². The van der Waals surface area contributed by atoms with Gasteiger partial charge < -0.3 is 11.7 Å². The average molecular weight is 176 g/mol. The van der Waals surface area contributed by atoms with E-state index >= 15 is 0 Å². The molecule has 0 N–H and O–H groups in total. The third kappa shape index (κ3) is 4.67. The van der Waals surface area contributed by atoms with Crippen molar-refractivity contribution in [1.82, 2.24) is 0 Å². The van der Waals surface area contributed by atoms with E-state index in [1.54, 1.807) is 20.8 Å². The van der Waals surface area contributed by atoms with Crippen LogP contribution in [0.5, 0.6) is 0 Å².